The van der Waals surface area contributed by atoms with Crippen molar-refractivity contribution < 1.29 is 14.0 Å². The van der Waals surface area contributed by atoms with E-state index >= 15 is 0 Å². The number of hydrogen-bond donors (Lipinski definition) is 2. The van der Waals surface area contributed by atoms with Crippen LogP contribution in [0.4, 0.5) is 4.39 Å². The molecule has 4 nitrogen and oxygen atoms in total. The molecule has 1 atom stereocenters. The molecule has 0 bridgehead atoms. The fraction of sp³-hybridized carbons (Fsp3) is 0.429. The predicted octanol–water partition coefficient (Wildman–Crippen LogP) is 1.78. The highest BCUT2D eigenvalue weighted by molar-refractivity contribution is 5.97. The lowest BCUT2D eigenvalue weighted by Gasteiger charge is -2.14. The summed E-state index contributed by atoms with van der Waals surface area (Å²) in [7, 11) is 0. The van der Waals surface area contributed by atoms with Crippen molar-refractivity contribution in [2.24, 2.45) is 0 Å². The molecule has 0 unspecified atom stereocenters. The van der Waals surface area contributed by atoms with E-state index in [1.807, 2.05) is 6.92 Å². The van der Waals surface area contributed by atoms with Gasteiger partial charge in [-0.05, 0) is 38.0 Å². The zero-order valence-electron chi connectivity index (χ0n) is 11.4. The van der Waals surface area contributed by atoms with Crippen LogP contribution in [-0.4, -0.2) is 24.4 Å². The fourth-order valence-electron chi connectivity index (χ4n) is 1.48. The summed E-state index contributed by atoms with van der Waals surface area (Å²) >= 11 is 0. The Morgan fingerprint density at radius 1 is 1.37 bits per heavy atom. The van der Waals surface area contributed by atoms with Crippen molar-refractivity contribution in [1.29, 1.82) is 0 Å². The van der Waals surface area contributed by atoms with Crippen LogP contribution >= 0.6 is 0 Å². The van der Waals surface area contributed by atoms with Gasteiger partial charge in [0, 0.05) is 12.1 Å². The molecule has 0 saturated carbocycles. The van der Waals surface area contributed by atoms with Crippen molar-refractivity contribution in [2.75, 3.05) is 6.54 Å². The molecular weight excluding hydrogens is 247 g/mol. The highest BCUT2D eigenvalue weighted by Gasteiger charge is 2.16. The number of halogens is 1. The Morgan fingerprint density at radius 2 is 2.05 bits per heavy atom. The Balaban J connectivity index is 2.63. The lowest BCUT2D eigenvalue weighted by Crippen LogP contribution is -2.45. The number of amides is 2. The van der Waals surface area contributed by atoms with E-state index in [4.69, 9.17) is 0 Å². The van der Waals surface area contributed by atoms with E-state index in [9.17, 15) is 14.0 Å². The maximum absolute atomic E-state index is 13.3. The molecule has 0 radical (unpaired) electrons. The van der Waals surface area contributed by atoms with Crippen LogP contribution in [0, 0.1) is 12.7 Å². The monoisotopic (exact) mass is 266 g/mol. The van der Waals surface area contributed by atoms with Crippen molar-refractivity contribution in [3.8, 4) is 0 Å². The van der Waals surface area contributed by atoms with Gasteiger partial charge in [-0.1, -0.05) is 13.0 Å². The number of benzene rings is 1. The standard InChI is InChI=1S/C14H19FN2O2/c1-4-7-16-13(18)10(3)17-14(19)11-6-5-9(2)12(15)8-11/h5-6,8,10H,4,7H2,1-3H3,(H,16,18)(H,17,19)/t10-/m1/s1. The van der Waals surface area contributed by atoms with Crippen molar-refractivity contribution in [3.63, 3.8) is 0 Å². The Bertz CT molecular complexity index is 475. The van der Waals surface area contributed by atoms with Gasteiger partial charge in [0.25, 0.3) is 5.91 Å². The van der Waals surface area contributed by atoms with Crippen LogP contribution in [0.2, 0.25) is 0 Å². The summed E-state index contributed by atoms with van der Waals surface area (Å²) in [5, 5.41) is 5.22. The first-order valence-corrected chi connectivity index (χ1v) is 6.30. The van der Waals surface area contributed by atoms with Crippen LogP contribution in [0.15, 0.2) is 18.2 Å². The molecule has 2 N–H and O–H groups in total. The van der Waals surface area contributed by atoms with Crippen LogP contribution in [0.1, 0.15) is 36.2 Å². The molecule has 2 amide bonds. The largest absolute Gasteiger partial charge is 0.354 e. The van der Waals surface area contributed by atoms with Gasteiger partial charge in [-0.25, -0.2) is 4.39 Å². The fourth-order valence-corrected chi connectivity index (χ4v) is 1.48. The molecule has 0 aliphatic carbocycles. The second kappa shape index (κ2) is 6.87. The smallest absolute Gasteiger partial charge is 0.252 e. The molecule has 19 heavy (non-hydrogen) atoms. The number of aryl methyl sites for hydroxylation is 1. The summed E-state index contributed by atoms with van der Waals surface area (Å²) in [5.41, 5.74) is 0.684. The maximum Gasteiger partial charge on any atom is 0.252 e. The first kappa shape index (κ1) is 15.1. The summed E-state index contributed by atoms with van der Waals surface area (Å²) in [6.07, 6.45) is 0.829. The van der Waals surface area contributed by atoms with Gasteiger partial charge in [0.2, 0.25) is 5.91 Å². The second-order valence-electron chi connectivity index (χ2n) is 4.45. The molecule has 0 aliphatic rings. The minimum absolute atomic E-state index is 0.207. The Hall–Kier alpha value is -1.91. The summed E-state index contributed by atoms with van der Waals surface area (Å²) in [4.78, 5) is 23.4. The Labute approximate surface area is 112 Å². The second-order valence-corrected chi connectivity index (χ2v) is 4.45. The highest BCUT2D eigenvalue weighted by Crippen LogP contribution is 2.09. The number of carbonyl (C=O) groups excluding carboxylic acids is 2. The van der Waals surface area contributed by atoms with Gasteiger partial charge in [-0.15, -0.1) is 0 Å². The van der Waals surface area contributed by atoms with Crippen molar-refractivity contribution in [2.45, 2.75) is 33.2 Å². The van der Waals surface area contributed by atoms with Crippen LogP contribution in [0.25, 0.3) is 0 Å². The van der Waals surface area contributed by atoms with Crippen LogP contribution in [-0.2, 0) is 4.79 Å². The lowest BCUT2D eigenvalue weighted by molar-refractivity contribution is -0.122. The predicted molar refractivity (Wildman–Crippen MR) is 71.4 cm³/mol. The van der Waals surface area contributed by atoms with Crippen molar-refractivity contribution in [1.82, 2.24) is 10.6 Å². The highest BCUT2D eigenvalue weighted by atomic mass is 19.1. The zero-order valence-corrected chi connectivity index (χ0v) is 11.4. The SMILES string of the molecule is CCCNC(=O)[C@@H](C)NC(=O)c1ccc(C)c(F)c1. The molecule has 0 spiro atoms. The number of hydrogen-bond acceptors (Lipinski definition) is 2. The normalized spacial score (nSPS) is 11.8. The number of nitrogens with one attached hydrogen (secondary N) is 2. The van der Waals surface area contributed by atoms with Gasteiger partial charge in [0.15, 0.2) is 0 Å². The molecule has 5 heteroatoms. The average Bonchev–Trinajstić information content (AvgIpc) is 2.38. The van der Waals surface area contributed by atoms with Gasteiger partial charge >= 0.3 is 0 Å². The summed E-state index contributed by atoms with van der Waals surface area (Å²) < 4.78 is 13.3. The van der Waals surface area contributed by atoms with Crippen LogP contribution in [0.3, 0.4) is 0 Å². The summed E-state index contributed by atoms with van der Waals surface area (Å²) in [5.74, 6) is -1.14. The van der Waals surface area contributed by atoms with E-state index in [2.05, 4.69) is 10.6 Å². The van der Waals surface area contributed by atoms with E-state index in [1.165, 1.54) is 18.2 Å². The van der Waals surface area contributed by atoms with Crippen molar-refractivity contribution in [3.05, 3.63) is 35.1 Å². The quantitative estimate of drug-likeness (QED) is 0.853. The maximum atomic E-state index is 13.3. The molecule has 0 heterocycles. The molecule has 1 rings (SSSR count). The molecule has 0 aromatic heterocycles. The third-order valence-electron chi connectivity index (χ3n) is 2.72. The van der Waals surface area contributed by atoms with Gasteiger partial charge in [-0.3, -0.25) is 9.59 Å². The molecule has 1 aromatic rings. The molecule has 0 aliphatic heterocycles. The van der Waals surface area contributed by atoms with E-state index < -0.39 is 17.8 Å². The van der Waals surface area contributed by atoms with E-state index in [0.717, 1.165) is 6.42 Å². The number of rotatable bonds is 5. The van der Waals surface area contributed by atoms with Gasteiger partial charge in [0.1, 0.15) is 11.9 Å². The third kappa shape index (κ3) is 4.35. The molecule has 0 fully saturated rings. The minimum atomic E-state index is -0.650. The van der Waals surface area contributed by atoms with Gasteiger partial charge in [-0.2, -0.15) is 0 Å². The topological polar surface area (TPSA) is 58.2 Å². The molecule has 104 valence electrons. The van der Waals surface area contributed by atoms with Gasteiger partial charge < -0.3 is 10.6 Å². The van der Waals surface area contributed by atoms with E-state index in [-0.39, 0.29) is 11.5 Å². The van der Waals surface area contributed by atoms with Crippen LogP contribution < -0.4 is 10.6 Å². The lowest BCUT2D eigenvalue weighted by atomic mass is 10.1. The summed E-state index contributed by atoms with van der Waals surface area (Å²) in [6.45, 7) is 5.72. The van der Waals surface area contributed by atoms with E-state index in [0.29, 0.717) is 12.1 Å². The zero-order chi connectivity index (χ0) is 14.4. The summed E-state index contributed by atoms with van der Waals surface area (Å²) in [6, 6.07) is 3.58. The Kier molecular flexibility index (Phi) is 5.48. The first-order valence-electron chi connectivity index (χ1n) is 6.30. The Morgan fingerprint density at radius 3 is 2.63 bits per heavy atom. The van der Waals surface area contributed by atoms with E-state index in [1.54, 1.807) is 13.8 Å². The third-order valence-corrected chi connectivity index (χ3v) is 2.72. The van der Waals surface area contributed by atoms with Gasteiger partial charge in [0.05, 0.1) is 0 Å². The van der Waals surface area contributed by atoms with Crippen molar-refractivity contribution >= 4 is 11.8 Å². The first-order chi connectivity index (χ1) is 8.95. The molecule has 1 aromatic carbocycles. The average molecular weight is 266 g/mol. The molecule has 0 saturated heterocycles. The molecular formula is C14H19FN2O2. The van der Waals surface area contributed by atoms with Crippen LogP contribution in [0.5, 0.6) is 0 Å². The minimum Gasteiger partial charge on any atom is -0.354 e. The number of carbonyl (C=O) groups is 2.